The molecule has 0 spiro atoms. The summed E-state index contributed by atoms with van der Waals surface area (Å²) in [6.45, 7) is 4.48. The molecule has 0 saturated carbocycles. The number of hydrogen-bond acceptors (Lipinski definition) is 8. The van der Waals surface area contributed by atoms with Gasteiger partial charge in [0.15, 0.2) is 0 Å². The Morgan fingerprint density at radius 1 is 0.578 bits per heavy atom. The van der Waals surface area contributed by atoms with Crippen molar-refractivity contribution in [2.75, 3.05) is 23.8 Å². The van der Waals surface area contributed by atoms with Crippen molar-refractivity contribution in [3.8, 4) is 23.0 Å². The summed E-state index contributed by atoms with van der Waals surface area (Å²) in [5.74, 6) is -3.40. The van der Waals surface area contributed by atoms with E-state index in [1.807, 2.05) is 13.8 Å². The fourth-order valence-electron chi connectivity index (χ4n) is 4.08. The number of hydrogen-bond donors (Lipinski definition) is 6. The van der Waals surface area contributed by atoms with Crippen LogP contribution in [0.4, 0.5) is 11.4 Å². The molecule has 0 aromatic heterocycles. The molecule has 0 fully saturated rings. The summed E-state index contributed by atoms with van der Waals surface area (Å²) in [5, 5.41) is 43.0. The van der Waals surface area contributed by atoms with Gasteiger partial charge in [0.25, 0.3) is 11.8 Å². The number of anilines is 2. The third-order valence-corrected chi connectivity index (χ3v) is 6.44. The van der Waals surface area contributed by atoms with Gasteiger partial charge >= 0.3 is 11.9 Å². The first kappa shape index (κ1) is 31.9. The van der Waals surface area contributed by atoms with E-state index in [0.717, 1.165) is 12.1 Å². The van der Waals surface area contributed by atoms with Gasteiger partial charge in [-0.1, -0.05) is 13.8 Å². The molecule has 0 radical (unpaired) electrons. The summed E-state index contributed by atoms with van der Waals surface area (Å²) >= 11 is 0. The highest BCUT2D eigenvalue weighted by Crippen LogP contribution is 2.25. The number of rotatable bonds is 12. The second kappa shape index (κ2) is 13.5. The van der Waals surface area contributed by atoms with Crippen LogP contribution in [0.5, 0.6) is 23.0 Å². The molecule has 0 saturated heterocycles. The molecule has 4 aromatic rings. The lowest BCUT2D eigenvalue weighted by Gasteiger charge is -2.25. The van der Waals surface area contributed by atoms with Gasteiger partial charge in [-0.25, -0.2) is 9.59 Å². The normalized spacial score (nSPS) is 10.9. The second-order valence-corrected chi connectivity index (χ2v) is 10.8. The highest BCUT2D eigenvalue weighted by Gasteiger charge is 2.22. The standard InChI is InChI=1S/C33H30N2O10/c1-33(2,17-44-23-9-3-19(4-10-23)34-29(38)25-13-7-21(36)15-27(25)31(40)41)18-45-24-11-5-20(6-12-24)35-30(39)26-14-8-22(37)16-28(26)32(42)43/h3-16,36-37H,17-18H2,1-2H3,(H,34,38)(H,35,39)(H,40,41)(H,42,43). The van der Waals surface area contributed by atoms with Crippen LogP contribution in [0.3, 0.4) is 0 Å². The fraction of sp³-hybridized carbons (Fsp3) is 0.152. The summed E-state index contributed by atoms with van der Waals surface area (Å²) < 4.78 is 11.8. The molecule has 12 nitrogen and oxygen atoms in total. The molecule has 4 rings (SSSR count). The topological polar surface area (TPSA) is 192 Å². The maximum absolute atomic E-state index is 12.6. The second-order valence-electron chi connectivity index (χ2n) is 10.8. The molecular weight excluding hydrogens is 584 g/mol. The molecular formula is C33H30N2O10. The van der Waals surface area contributed by atoms with Crippen molar-refractivity contribution in [2.45, 2.75) is 13.8 Å². The third kappa shape index (κ3) is 8.51. The Kier molecular flexibility index (Phi) is 9.57. The van der Waals surface area contributed by atoms with E-state index in [9.17, 15) is 39.6 Å². The van der Waals surface area contributed by atoms with E-state index in [1.165, 1.54) is 24.3 Å². The number of amides is 2. The van der Waals surface area contributed by atoms with Crippen LogP contribution in [0.25, 0.3) is 0 Å². The fourth-order valence-corrected chi connectivity index (χ4v) is 4.08. The van der Waals surface area contributed by atoms with Gasteiger partial charge in [-0.05, 0) is 84.9 Å². The molecule has 0 bridgehead atoms. The molecule has 0 aliphatic rings. The van der Waals surface area contributed by atoms with E-state index >= 15 is 0 Å². The van der Waals surface area contributed by atoms with E-state index in [2.05, 4.69) is 10.6 Å². The summed E-state index contributed by atoms with van der Waals surface area (Å²) in [5.41, 5.74) is -0.399. The van der Waals surface area contributed by atoms with Crippen LogP contribution in [-0.2, 0) is 0 Å². The Labute approximate surface area is 257 Å². The van der Waals surface area contributed by atoms with Crippen LogP contribution in [0, 0.1) is 5.41 Å². The number of phenolic OH excluding ortho intramolecular Hbond substituents is 2. The average molecular weight is 615 g/mol. The predicted molar refractivity (Wildman–Crippen MR) is 164 cm³/mol. The Morgan fingerprint density at radius 3 is 1.27 bits per heavy atom. The highest BCUT2D eigenvalue weighted by molar-refractivity contribution is 6.11. The minimum atomic E-state index is -1.34. The molecule has 6 N–H and O–H groups in total. The predicted octanol–water partition coefficient (Wildman–Crippen LogP) is 5.48. The lowest BCUT2D eigenvalue weighted by atomic mass is 9.96. The van der Waals surface area contributed by atoms with Gasteiger partial charge in [0.1, 0.15) is 23.0 Å². The minimum Gasteiger partial charge on any atom is -0.508 e. The van der Waals surface area contributed by atoms with Crippen molar-refractivity contribution >= 4 is 35.1 Å². The van der Waals surface area contributed by atoms with Crippen molar-refractivity contribution in [3.05, 3.63) is 107 Å². The molecule has 0 unspecified atom stereocenters. The maximum atomic E-state index is 12.6. The van der Waals surface area contributed by atoms with Crippen LogP contribution in [0.15, 0.2) is 84.9 Å². The van der Waals surface area contributed by atoms with Gasteiger partial charge < -0.3 is 40.5 Å². The molecule has 4 aromatic carbocycles. The molecule has 12 heteroatoms. The number of ether oxygens (including phenoxy) is 2. The Bertz CT molecular complexity index is 1600. The van der Waals surface area contributed by atoms with Crippen molar-refractivity contribution in [3.63, 3.8) is 0 Å². The quantitative estimate of drug-likeness (QED) is 0.119. The van der Waals surface area contributed by atoms with E-state index < -0.39 is 29.2 Å². The Hall–Kier alpha value is -6.04. The number of aromatic hydroxyl groups is 2. The monoisotopic (exact) mass is 614 g/mol. The Morgan fingerprint density at radius 2 is 0.933 bits per heavy atom. The first-order chi connectivity index (χ1) is 21.3. The lowest BCUT2D eigenvalue weighted by Crippen LogP contribution is -2.28. The molecule has 2 amide bonds. The number of carboxylic acids is 2. The molecule has 0 aliphatic heterocycles. The molecule has 0 heterocycles. The van der Waals surface area contributed by atoms with Gasteiger partial charge in [-0.2, -0.15) is 0 Å². The number of carbonyl (C=O) groups excluding carboxylic acids is 2. The minimum absolute atomic E-state index is 0.0924. The van der Waals surface area contributed by atoms with E-state index in [0.29, 0.717) is 36.1 Å². The van der Waals surface area contributed by atoms with Crippen LogP contribution >= 0.6 is 0 Å². The number of carboxylic acid groups (broad SMARTS) is 2. The summed E-state index contributed by atoms with van der Waals surface area (Å²) in [7, 11) is 0. The van der Waals surface area contributed by atoms with Crippen molar-refractivity contribution < 1.29 is 49.1 Å². The summed E-state index contributed by atoms with van der Waals surface area (Å²) in [6, 6.07) is 20.0. The highest BCUT2D eigenvalue weighted by atomic mass is 16.5. The van der Waals surface area contributed by atoms with Gasteiger partial charge in [-0.15, -0.1) is 0 Å². The van der Waals surface area contributed by atoms with E-state index in [-0.39, 0.29) is 33.8 Å². The largest absolute Gasteiger partial charge is 0.508 e. The molecule has 0 atom stereocenters. The molecule has 0 aliphatic carbocycles. The van der Waals surface area contributed by atoms with Gasteiger partial charge in [0.05, 0.1) is 35.5 Å². The smallest absolute Gasteiger partial charge is 0.336 e. The summed E-state index contributed by atoms with van der Waals surface area (Å²) in [4.78, 5) is 48.1. The number of phenols is 2. The van der Waals surface area contributed by atoms with Crippen LogP contribution in [0.1, 0.15) is 55.3 Å². The van der Waals surface area contributed by atoms with Crippen LogP contribution in [0.2, 0.25) is 0 Å². The third-order valence-electron chi connectivity index (χ3n) is 6.44. The summed E-state index contributed by atoms with van der Waals surface area (Å²) in [6.07, 6.45) is 0. The van der Waals surface area contributed by atoms with Crippen molar-refractivity contribution in [2.24, 2.45) is 5.41 Å². The maximum Gasteiger partial charge on any atom is 0.336 e. The lowest BCUT2D eigenvalue weighted by molar-refractivity contribution is 0.0683. The average Bonchev–Trinajstić information content (AvgIpc) is 3.00. The van der Waals surface area contributed by atoms with Crippen LogP contribution < -0.4 is 20.1 Å². The SMILES string of the molecule is CC(C)(COc1ccc(NC(=O)c2ccc(O)cc2C(=O)O)cc1)COc1ccc(NC(=O)c2ccc(O)cc2C(=O)O)cc1. The zero-order valence-corrected chi connectivity index (χ0v) is 24.2. The zero-order chi connectivity index (χ0) is 32.7. The van der Waals surface area contributed by atoms with Gasteiger partial charge in [-0.3, -0.25) is 9.59 Å². The molecule has 45 heavy (non-hydrogen) atoms. The van der Waals surface area contributed by atoms with Gasteiger partial charge in [0.2, 0.25) is 0 Å². The van der Waals surface area contributed by atoms with Crippen LogP contribution in [-0.4, -0.2) is 57.4 Å². The molecule has 232 valence electrons. The van der Waals surface area contributed by atoms with Crippen molar-refractivity contribution in [1.29, 1.82) is 0 Å². The van der Waals surface area contributed by atoms with E-state index in [1.54, 1.807) is 48.5 Å². The first-order valence-electron chi connectivity index (χ1n) is 13.5. The van der Waals surface area contributed by atoms with Gasteiger partial charge in [0, 0.05) is 16.8 Å². The van der Waals surface area contributed by atoms with E-state index in [4.69, 9.17) is 9.47 Å². The number of benzene rings is 4. The van der Waals surface area contributed by atoms with Crippen molar-refractivity contribution in [1.82, 2.24) is 0 Å². The Balaban J connectivity index is 1.27. The zero-order valence-electron chi connectivity index (χ0n) is 24.2. The number of carbonyl (C=O) groups is 4. The first-order valence-corrected chi connectivity index (χ1v) is 13.5. The number of aromatic carboxylic acids is 2. The number of nitrogens with one attached hydrogen (secondary N) is 2.